The van der Waals surface area contributed by atoms with Crippen LogP contribution in [0.1, 0.15) is 5.56 Å². The lowest BCUT2D eigenvalue weighted by Crippen LogP contribution is -2.10. The zero-order valence-corrected chi connectivity index (χ0v) is 8.30. The number of oxazole rings is 1. The molecule has 2 N–H and O–H groups in total. The summed E-state index contributed by atoms with van der Waals surface area (Å²) in [6, 6.07) is 5.15. The summed E-state index contributed by atoms with van der Waals surface area (Å²) in [4.78, 5) is 11.5. The molecule has 0 amide bonds. The number of fused-ring (bicyclic) bond motifs is 1. The van der Waals surface area contributed by atoms with E-state index >= 15 is 0 Å². The Kier molecular flexibility index (Phi) is 1.89. The van der Waals surface area contributed by atoms with Gasteiger partial charge >= 0.3 is 5.76 Å². The zero-order valence-electron chi connectivity index (χ0n) is 7.48. The molecule has 14 heavy (non-hydrogen) atoms. The van der Waals surface area contributed by atoms with Crippen molar-refractivity contribution in [3.63, 3.8) is 0 Å². The molecule has 1 aromatic heterocycles. The van der Waals surface area contributed by atoms with Crippen LogP contribution in [0.25, 0.3) is 11.1 Å². The Bertz CT molecular complexity index is 568. The number of nitrogens with zero attached hydrogens (tertiary/aromatic N) is 1. The van der Waals surface area contributed by atoms with Crippen LogP contribution in [0.15, 0.2) is 27.4 Å². The van der Waals surface area contributed by atoms with Crippen LogP contribution in [0.2, 0.25) is 0 Å². The lowest BCUT2D eigenvalue weighted by Gasteiger charge is -1.97. The van der Waals surface area contributed by atoms with Crippen molar-refractivity contribution in [2.45, 2.75) is 0 Å². The summed E-state index contributed by atoms with van der Waals surface area (Å²) in [7, 11) is 1.64. The number of nitrogens with two attached hydrogens (primary N) is 1. The molecule has 0 atom stereocenters. The number of aryl methyl sites for hydroxylation is 1. The summed E-state index contributed by atoms with van der Waals surface area (Å²) in [5.41, 5.74) is 7.44. The molecule has 5 heteroatoms. The number of hydrogen-bond acceptors (Lipinski definition) is 3. The average molecular weight is 208 g/mol. The Labute approximate surface area is 84.9 Å². The van der Waals surface area contributed by atoms with Crippen LogP contribution in [0.5, 0.6) is 0 Å². The van der Waals surface area contributed by atoms with Gasteiger partial charge in [0.05, 0.1) is 5.52 Å². The number of rotatable bonds is 1. The zero-order chi connectivity index (χ0) is 10.3. The van der Waals surface area contributed by atoms with Crippen molar-refractivity contribution in [2.24, 2.45) is 12.8 Å². The molecular weight excluding hydrogens is 200 g/mol. The van der Waals surface area contributed by atoms with Crippen molar-refractivity contribution in [2.75, 3.05) is 0 Å². The van der Waals surface area contributed by atoms with E-state index in [4.69, 9.17) is 22.4 Å². The normalized spacial score (nSPS) is 10.6. The van der Waals surface area contributed by atoms with Crippen molar-refractivity contribution in [3.8, 4) is 0 Å². The van der Waals surface area contributed by atoms with E-state index in [-0.39, 0.29) is 5.76 Å². The molecule has 0 radical (unpaired) electrons. The highest BCUT2D eigenvalue weighted by atomic mass is 32.1. The van der Waals surface area contributed by atoms with Gasteiger partial charge in [-0.1, -0.05) is 12.2 Å². The second-order valence-corrected chi connectivity index (χ2v) is 3.41. The van der Waals surface area contributed by atoms with Crippen LogP contribution in [-0.2, 0) is 7.05 Å². The Morgan fingerprint density at radius 1 is 1.57 bits per heavy atom. The van der Waals surface area contributed by atoms with Gasteiger partial charge in [-0.3, -0.25) is 4.57 Å². The number of aromatic nitrogens is 1. The topological polar surface area (TPSA) is 61.2 Å². The first-order valence-corrected chi connectivity index (χ1v) is 4.40. The number of thiocarbonyl (C=S) groups is 1. The van der Waals surface area contributed by atoms with E-state index in [0.717, 1.165) is 5.56 Å². The summed E-state index contributed by atoms with van der Waals surface area (Å²) in [6.45, 7) is 0. The second kappa shape index (κ2) is 2.95. The van der Waals surface area contributed by atoms with Crippen molar-refractivity contribution in [1.82, 2.24) is 4.57 Å². The van der Waals surface area contributed by atoms with E-state index in [1.807, 2.05) is 0 Å². The predicted octanol–water partition coefficient (Wildman–Crippen LogP) is 0.766. The Balaban J connectivity index is 2.82. The summed E-state index contributed by atoms with van der Waals surface area (Å²) in [5.74, 6) is -0.389. The van der Waals surface area contributed by atoms with Crippen LogP contribution in [0.4, 0.5) is 0 Å². The van der Waals surface area contributed by atoms with Crippen molar-refractivity contribution < 1.29 is 4.42 Å². The van der Waals surface area contributed by atoms with E-state index < -0.39 is 0 Å². The molecule has 72 valence electrons. The van der Waals surface area contributed by atoms with E-state index in [9.17, 15) is 4.79 Å². The van der Waals surface area contributed by atoms with Gasteiger partial charge in [0.25, 0.3) is 0 Å². The van der Waals surface area contributed by atoms with Crippen molar-refractivity contribution in [1.29, 1.82) is 0 Å². The predicted molar refractivity (Wildman–Crippen MR) is 57.3 cm³/mol. The summed E-state index contributed by atoms with van der Waals surface area (Å²) in [5, 5.41) is 0. The lowest BCUT2D eigenvalue weighted by molar-refractivity contribution is 0.528. The highest BCUT2D eigenvalue weighted by molar-refractivity contribution is 7.80. The molecule has 0 saturated carbocycles. The van der Waals surface area contributed by atoms with Gasteiger partial charge in [-0.2, -0.15) is 0 Å². The Hall–Kier alpha value is -1.62. The lowest BCUT2D eigenvalue weighted by atomic mass is 10.2. The molecular formula is C9H8N2O2S. The first kappa shape index (κ1) is 8.96. The molecule has 0 saturated heterocycles. The second-order valence-electron chi connectivity index (χ2n) is 2.97. The van der Waals surface area contributed by atoms with Gasteiger partial charge in [0.15, 0.2) is 5.58 Å². The van der Waals surface area contributed by atoms with Crippen molar-refractivity contribution >= 4 is 28.3 Å². The Morgan fingerprint density at radius 3 is 2.93 bits per heavy atom. The number of benzene rings is 1. The van der Waals surface area contributed by atoms with E-state index in [1.54, 1.807) is 25.2 Å². The van der Waals surface area contributed by atoms with Gasteiger partial charge in [0, 0.05) is 12.6 Å². The number of hydrogen-bond donors (Lipinski definition) is 1. The molecule has 1 aromatic carbocycles. The minimum Gasteiger partial charge on any atom is -0.408 e. The summed E-state index contributed by atoms with van der Waals surface area (Å²) in [6.07, 6.45) is 0. The largest absolute Gasteiger partial charge is 0.419 e. The quantitative estimate of drug-likeness (QED) is 0.703. The maximum absolute atomic E-state index is 11.2. The maximum atomic E-state index is 11.2. The molecule has 0 spiro atoms. The van der Waals surface area contributed by atoms with Crippen molar-refractivity contribution in [3.05, 3.63) is 34.3 Å². The van der Waals surface area contributed by atoms with E-state index in [1.165, 1.54) is 4.57 Å². The van der Waals surface area contributed by atoms with Gasteiger partial charge in [-0.25, -0.2) is 4.79 Å². The summed E-state index contributed by atoms with van der Waals surface area (Å²) >= 11 is 4.83. The molecule has 2 aromatic rings. The van der Waals surface area contributed by atoms with Crippen LogP contribution < -0.4 is 11.5 Å². The van der Waals surface area contributed by atoms with Crippen LogP contribution in [0.3, 0.4) is 0 Å². The first-order chi connectivity index (χ1) is 6.59. The van der Waals surface area contributed by atoms with Gasteiger partial charge < -0.3 is 10.2 Å². The van der Waals surface area contributed by atoms with Gasteiger partial charge in [-0.05, 0) is 18.2 Å². The molecule has 0 aliphatic heterocycles. The summed E-state index contributed by atoms with van der Waals surface area (Å²) < 4.78 is 6.37. The Morgan fingerprint density at radius 2 is 2.29 bits per heavy atom. The standard InChI is InChI=1S/C9H8N2O2S/c1-11-6-4-5(8(10)14)2-3-7(6)13-9(11)12/h2-4H,1H3,(H2,10,14). The van der Waals surface area contributed by atoms with E-state index in [0.29, 0.717) is 16.1 Å². The molecule has 0 unspecified atom stereocenters. The fourth-order valence-electron chi connectivity index (χ4n) is 1.28. The fraction of sp³-hybridized carbons (Fsp3) is 0.111. The van der Waals surface area contributed by atoms with Crippen LogP contribution in [-0.4, -0.2) is 9.56 Å². The minimum atomic E-state index is -0.389. The molecule has 0 aliphatic rings. The van der Waals surface area contributed by atoms with Gasteiger partial charge in [0.2, 0.25) is 0 Å². The first-order valence-electron chi connectivity index (χ1n) is 3.99. The van der Waals surface area contributed by atoms with Gasteiger partial charge in [-0.15, -0.1) is 0 Å². The third-order valence-corrected chi connectivity index (χ3v) is 2.31. The third-order valence-electron chi connectivity index (χ3n) is 2.08. The average Bonchev–Trinajstić information content (AvgIpc) is 2.43. The fourth-order valence-corrected chi connectivity index (χ4v) is 1.41. The minimum absolute atomic E-state index is 0.306. The van der Waals surface area contributed by atoms with E-state index in [2.05, 4.69) is 0 Å². The molecule has 1 heterocycles. The molecule has 0 fully saturated rings. The molecule has 2 rings (SSSR count). The molecule has 0 aliphatic carbocycles. The highest BCUT2D eigenvalue weighted by Crippen LogP contribution is 2.13. The monoisotopic (exact) mass is 208 g/mol. The molecule has 0 bridgehead atoms. The third kappa shape index (κ3) is 1.22. The van der Waals surface area contributed by atoms with Crippen LogP contribution >= 0.6 is 12.2 Å². The van der Waals surface area contributed by atoms with Crippen LogP contribution in [0, 0.1) is 0 Å². The maximum Gasteiger partial charge on any atom is 0.419 e. The SMILES string of the molecule is Cn1c(=O)oc2ccc(C(N)=S)cc21. The highest BCUT2D eigenvalue weighted by Gasteiger charge is 2.06. The molecule has 4 nitrogen and oxygen atoms in total. The smallest absolute Gasteiger partial charge is 0.408 e. The van der Waals surface area contributed by atoms with Gasteiger partial charge in [0.1, 0.15) is 4.99 Å².